The van der Waals surface area contributed by atoms with E-state index in [0.717, 1.165) is 18.2 Å². The highest BCUT2D eigenvalue weighted by Gasteiger charge is 2.59. The van der Waals surface area contributed by atoms with Gasteiger partial charge in [-0.1, -0.05) is 29.3 Å². The average Bonchev–Trinajstić information content (AvgIpc) is 3.37. The second-order valence-corrected chi connectivity index (χ2v) is 7.21. The first-order chi connectivity index (χ1) is 14.2. The summed E-state index contributed by atoms with van der Waals surface area (Å²) < 4.78 is 43.6. The number of nitrogens with one attached hydrogen (secondary N) is 1. The van der Waals surface area contributed by atoms with Crippen LogP contribution >= 0.6 is 23.2 Å². The molecule has 1 N–H and O–H groups in total. The third-order valence-corrected chi connectivity index (χ3v) is 4.91. The Balaban J connectivity index is 1.82. The topological polar surface area (TPSA) is 75.8 Å². The predicted octanol–water partition coefficient (Wildman–Crippen LogP) is 4.78. The Bertz CT molecular complexity index is 1170. The molecular weight excluding hydrogens is 442 g/mol. The molecule has 6 nitrogen and oxygen atoms in total. The highest BCUT2D eigenvalue weighted by atomic mass is 35.5. The maximum Gasteiger partial charge on any atom is 0.428 e. The SMILES string of the molecule is N#Cc1cc(C2=CC(c3cc(Cl)cc(Cl)c3)(C(F)(F)F)ON2)ccc1-n1cncn1. The number of nitrogens with zero attached hydrogens (tertiary/aromatic N) is 4. The van der Waals surface area contributed by atoms with Crippen LogP contribution in [0.2, 0.25) is 10.0 Å². The Morgan fingerprint density at radius 1 is 1.13 bits per heavy atom. The highest BCUT2D eigenvalue weighted by Crippen LogP contribution is 2.48. The maximum absolute atomic E-state index is 14.1. The standard InChI is InChI=1S/C19H10Cl2F3N5O/c20-14-4-13(5-15(21)6-14)18(19(22,23)24)7-16(28-30-18)11-1-2-17(12(3-11)8-25)29-10-26-9-27-29/h1-7,9-10,28H. The van der Waals surface area contributed by atoms with Gasteiger partial charge in [0.1, 0.15) is 18.7 Å². The zero-order chi connectivity index (χ0) is 21.5. The summed E-state index contributed by atoms with van der Waals surface area (Å²) in [5.41, 5.74) is 0.200. The largest absolute Gasteiger partial charge is 0.428 e. The van der Waals surface area contributed by atoms with Gasteiger partial charge in [-0.25, -0.2) is 9.67 Å². The van der Waals surface area contributed by atoms with Crippen molar-refractivity contribution in [1.82, 2.24) is 20.2 Å². The molecule has 0 aliphatic carbocycles. The van der Waals surface area contributed by atoms with Gasteiger partial charge < -0.3 is 0 Å². The molecule has 0 amide bonds. The van der Waals surface area contributed by atoms with Crippen LogP contribution in [0, 0.1) is 11.3 Å². The van der Waals surface area contributed by atoms with E-state index in [1.807, 2.05) is 6.07 Å². The van der Waals surface area contributed by atoms with E-state index in [1.54, 1.807) is 6.07 Å². The molecule has 0 fully saturated rings. The molecule has 0 radical (unpaired) electrons. The van der Waals surface area contributed by atoms with Crippen LogP contribution in [0.15, 0.2) is 55.1 Å². The Kier molecular flexibility index (Phi) is 4.94. The summed E-state index contributed by atoms with van der Waals surface area (Å²) in [6.45, 7) is 0. The molecular formula is C19H10Cl2F3N5O. The van der Waals surface area contributed by atoms with E-state index >= 15 is 0 Å². The first kappa shape index (κ1) is 20.2. The fourth-order valence-corrected chi connectivity index (χ4v) is 3.61. The molecule has 1 aromatic heterocycles. The molecule has 0 bridgehead atoms. The second kappa shape index (κ2) is 7.32. The number of halogens is 5. The summed E-state index contributed by atoms with van der Waals surface area (Å²) in [4.78, 5) is 8.87. The molecule has 1 atom stereocenters. The van der Waals surface area contributed by atoms with Crippen LogP contribution in [0.3, 0.4) is 0 Å². The highest BCUT2D eigenvalue weighted by molar-refractivity contribution is 6.34. The van der Waals surface area contributed by atoms with Gasteiger partial charge in [0.25, 0.3) is 0 Å². The lowest BCUT2D eigenvalue weighted by Gasteiger charge is -2.28. The number of rotatable bonds is 3. The normalized spacial score (nSPS) is 18.6. The molecule has 2 heterocycles. The molecule has 0 saturated carbocycles. The van der Waals surface area contributed by atoms with Gasteiger partial charge in [-0.05, 0) is 36.4 Å². The van der Waals surface area contributed by atoms with Crippen LogP contribution in [-0.2, 0) is 10.4 Å². The monoisotopic (exact) mass is 451 g/mol. The van der Waals surface area contributed by atoms with Crippen LogP contribution in [0.4, 0.5) is 13.2 Å². The molecule has 1 unspecified atom stereocenters. The van der Waals surface area contributed by atoms with Crippen molar-refractivity contribution in [3.8, 4) is 11.8 Å². The molecule has 3 aromatic rings. The van der Waals surface area contributed by atoms with Crippen LogP contribution < -0.4 is 5.48 Å². The first-order valence-electron chi connectivity index (χ1n) is 8.33. The molecule has 1 aliphatic heterocycles. The van der Waals surface area contributed by atoms with Crippen molar-refractivity contribution in [1.29, 1.82) is 5.26 Å². The first-order valence-corrected chi connectivity index (χ1v) is 9.09. The smallest absolute Gasteiger partial charge is 0.265 e. The van der Waals surface area contributed by atoms with Crippen molar-refractivity contribution in [2.75, 3.05) is 0 Å². The fraction of sp³-hybridized carbons (Fsp3) is 0.105. The molecule has 2 aromatic carbocycles. The third-order valence-electron chi connectivity index (χ3n) is 4.48. The zero-order valence-electron chi connectivity index (χ0n) is 14.8. The van der Waals surface area contributed by atoms with Crippen molar-refractivity contribution < 1.29 is 18.0 Å². The van der Waals surface area contributed by atoms with E-state index in [1.165, 1.54) is 35.5 Å². The molecule has 4 rings (SSSR count). The average molecular weight is 452 g/mol. The number of aromatic nitrogens is 3. The van der Waals surface area contributed by atoms with Gasteiger partial charge in [-0.15, -0.1) is 0 Å². The Morgan fingerprint density at radius 3 is 2.47 bits per heavy atom. The van der Waals surface area contributed by atoms with Gasteiger partial charge in [-0.2, -0.15) is 23.5 Å². The molecule has 0 spiro atoms. The lowest BCUT2D eigenvalue weighted by Crippen LogP contribution is -2.42. The van der Waals surface area contributed by atoms with Gasteiger partial charge in [0, 0.05) is 21.2 Å². The van der Waals surface area contributed by atoms with E-state index in [-0.39, 0.29) is 26.9 Å². The minimum absolute atomic E-state index is 0.0325. The summed E-state index contributed by atoms with van der Waals surface area (Å²) in [6, 6.07) is 10.1. The predicted molar refractivity (Wildman–Crippen MR) is 102 cm³/mol. The molecule has 0 saturated heterocycles. The fourth-order valence-electron chi connectivity index (χ4n) is 3.08. The summed E-state index contributed by atoms with van der Waals surface area (Å²) in [6.07, 6.45) is -1.23. The molecule has 152 valence electrons. The minimum atomic E-state index is -4.82. The van der Waals surface area contributed by atoms with Crippen LogP contribution in [0.5, 0.6) is 0 Å². The van der Waals surface area contributed by atoms with Gasteiger partial charge >= 0.3 is 6.18 Å². The number of hydrogen-bond acceptors (Lipinski definition) is 5. The van der Waals surface area contributed by atoms with Gasteiger partial charge in [0.05, 0.1) is 16.9 Å². The van der Waals surface area contributed by atoms with Crippen molar-refractivity contribution in [2.24, 2.45) is 0 Å². The number of hydroxylamine groups is 1. The number of benzene rings is 2. The van der Waals surface area contributed by atoms with Crippen molar-refractivity contribution in [3.63, 3.8) is 0 Å². The van der Waals surface area contributed by atoms with E-state index in [9.17, 15) is 18.4 Å². The number of alkyl halides is 3. The van der Waals surface area contributed by atoms with Crippen LogP contribution in [0.25, 0.3) is 11.4 Å². The Labute approximate surface area is 178 Å². The van der Waals surface area contributed by atoms with Gasteiger partial charge in [-0.3, -0.25) is 10.3 Å². The lowest BCUT2D eigenvalue weighted by atomic mass is 9.91. The summed E-state index contributed by atoms with van der Waals surface area (Å²) in [5.74, 6) is 0. The van der Waals surface area contributed by atoms with Crippen LogP contribution in [-0.4, -0.2) is 20.9 Å². The van der Waals surface area contributed by atoms with E-state index in [2.05, 4.69) is 15.6 Å². The minimum Gasteiger partial charge on any atom is -0.265 e. The van der Waals surface area contributed by atoms with Crippen molar-refractivity contribution >= 4 is 28.9 Å². The number of hydrogen-bond donors (Lipinski definition) is 1. The quantitative estimate of drug-likeness (QED) is 0.619. The van der Waals surface area contributed by atoms with E-state index < -0.39 is 11.8 Å². The molecule has 30 heavy (non-hydrogen) atoms. The third kappa shape index (κ3) is 3.39. The summed E-state index contributed by atoms with van der Waals surface area (Å²) in [5, 5.41) is 13.5. The Morgan fingerprint density at radius 2 is 1.87 bits per heavy atom. The molecule has 1 aliphatic rings. The number of nitriles is 1. The molecule has 11 heteroatoms. The van der Waals surface area contributed by atoms with Gasteiger partial charge in [0.15, 0.2) is 0 Å². The maximum atomic E-state index is 14.1. The summed E-state index contributed by atoms with van der Waals surface area (Å²) in [7, 11) is 0. The summed E-state index contributed by atoms with van der Waals surface area (Å²) >= 11 is 11.8. The zero-order valence-corrected chi connectivity index (χ0v) is 16.3. The van der Waals surface area contributed by atoms with Gasteiger partial charge in [0.2, 0.25) is 5.60 Å². The van der Waals surface area contributed by atoms with Crippen molar-refractivity contribution in [3.05, 3.63) is 81.9 Å². The van der Waals surface area contributed by atoms with Crippen LogP contribution in [0.1, 0.15) is 16.7 Å². The van der Waals surface area contributed by atoms with E-state index in [0.29, 0.717) is 11.3 Å². The van der Waals surface area contributed by atoms with Crippen molar-refractivity contribution in [2.45, 2.75) is 11.8 Å². The second-order valence-electron chi connectivity index (χ2n) is 6.34. The van der Waals surface area contributed by atoms with E-state index in [4.69, 9.17) is 28.0 Å². The Hall–Kier alpha value is -3.06. The lowest BCUT2D eigenvalue weighted by molar-refractivity contribution is -0.269.